The summed E-state index contributed by atoms with van der Waals surface area (Å²) in [5, 5.41) is 0. The van der Waals surface area contributed by atoms with Crippen LogP contribution in [0.2, 0.25) is 0 Å². The number of amides is 1. The highest BCUT2D eigenvalue weighted by atomic mass is 16.2. The fourth-order valence-electron chi connectivity index (χ4n) is 4.18. The van der Waals surface area contributed by atoms with Crippen molar-refractivity contribution < 1.29 is 4.79 Å². The zero-order chi connectivity index (χ0) is 17.3. The van der Waals surface area contributed by atoms with Crippen molar-refractivity contribution in [3.63, 3.8) is 0 Å². The lowest BCUT2D eigenvalue weighted by Crippen LogP contribution is -2.48. The molecule has 1 atom stereocenters. The fourth-order valence-corrected chi connectivity index (χ4v) is 4.18. The lowest BCUT2D eigenvalue weighted by atomic mass is 9.90. The molecular formula is C21H27N3O. The van der Waals surface area contributed by atoms with Gasteiger partial charge in [0.1, 0.15) is 0 Å². The van der Waals surface area contributed by atoms with Gasteiger partial charge < -0.3 is 9.47 Å². The maximum absolute atomic E-state index is 13.4. The van der Waals surface area contributed by atoms with Crippen molar-refractivity contribution in [3.8, 4) is 0 Å². The van der Waals surface area contributed by atoms with Gasteiger partial charge in [-0.05, 0) is 51.0 Å². The Morgan fingerprint density at radius 2 is 2.04 bits per heavy atom. The molecule has 4 heteroatoms. The van der Waals surface area contributed by atoms with E-state index < -0.39 is 0 Å². The Morgan fingerprint density at radius 1 is 1.24 bits per heavy atom. The molecule has 1 saturated carbocycles. The molecule has 1 aromatic carbocycles. The van der Waals surface area contributed by atoms with Gasteiger partial charge in [0.05, 0.1) is 11.7 Å². The second-order valence-corrected chi connectivity index (χ2v) is 7.69. The van der Waals surface area contributed by atoms with Crippen molar-refractivity contribution in [3.05, 3.63) is 54.1 Å². The highest BCUT2D eigenvalue weighted by molar-refractivity contribution is 5.91. The van der Waals surface area contributed by atoms with Gasteiger partial charge in [0.25, 0.3) is 0 Å². The van der Waals surface area contributed by atoms with E-state index in [0.29, 0.717) is 11.9 Å². The van der Waals surface area contributed by atoms with Crippen molar-refractivity contribution in [1.29, 1.82) is 0 Å². The summed E-state index contributed by atoms with van der Waals surface area (Å²) < 4.78 is 2.12. The molecule has 1 aromatic heterocycles. The van der Waals surface area contributed by atoms with Crippen LogP contribution in [0.5, 0.6) is 0 Å². The maximum Gasteiger partial charge on any atom is 0.233 e. The minimum absolute atomic E-state index is 0.238. The van der Waals surface area contributed by atoms with Crippen molar-refractivity contribution in [2.45, 2.75) is 63.5 Å². The third-order valence-electron chi connectivity index (χ3n) is 5.93. The highest BCUT2D eigenvalue weighted by Gasteiger charge is 2.53. The van der Waals surface area contributed by atoms with Crippen LogP contribution in [0.15, 0.2) is 43.0 Å². The van der Waals surface area contributed by atoms with Crippen molar-refractivity contribution in [2.75, 3.05) is 6.54 Å². The van der Waals surface area contributed by atoms with Crippen LogP contribution < -0.4 is 0 Å². The molecule has 2 aliphatic rings. The molecule has 0 radical (unpaired) electrons. The van der Waals surface area contributed by atoms with Crippen LogP contribution in [0.3, 0.4) is 0 Å². The summed E-state index contributed by atoms with van der Waals surface area (Å²) in [6, 6.07) is 8.95. The monoisotopic (exact) mass is 337 g/mol. The van der Waals surface area contributed by atoms with Crippen molar-refractivity contribution in [2.24, 2.45) is 0 Å². The molecule has 2 heterocycles. The number of likely N-dealkylation sites (tertiary alicyclic amines) is 1. The first-order valence-corrected chi connectivity index (χ1v) is 9.53. The molecule has 4 rings (SSSR count). The van der Waals surface area contributed by atoms with E-state index in [-0.39, 0.29) is 5.41 Å². The number of nitrogens with zero attached hydrogens (tertiary/aromatic N) is 3. The molecule has 0 spiro atoms. The molecule has 1 amide bonds. The maximum atomic E-state index is 13.4. The van der Waals surface area contributed by atoms with Gasteiger partial charge in [-0.2, -0.15) is 0 Å². The zero-order valence-corrected chi connectivity index (χ0v) is 15.0. The van der Waals surface area contributed by atoms with E-state index in [4.69, 9.17) is 0 Å². The summed E-state index contributed by atoms with van der Waals surface area (Å²) in [7, 11) is 0. The van der Waals surface area contributed by atoms with Crippen LogP contribution in [0.1, 0.15) is 49.7 Å². The first-order chi connectivity index (χ1) is 12.2. The highest BCUT2D eigenvalue weighted by Crippen LogP contribution is 2.50. The molecule has 1 aliphatic heterocycles. The summed E-state index contributed by atoms with van der Waals surface area (Å²) in [4.78, 5) is 19.8. The molecule has 0 unspecified atom stereocenters. The number of aryl methyl sites for hydroxylation is 2. The lowest BCUT2D eigenvalue weighted by Gasteiger charge is -2.38. The van der Waals surface area contributed by atoms with E-state index in [9.17, 15) is 4.79 Å². The number of benzene rings is 1. The summed E-state index contributed by atoms with van der Waals surface area (Å²) in [6.07, 6.45) is 12.2. The Balaban J connectivity index is 1.49. The van der Waals surface area contributed by atoms with E-state index in [1.807, 2.05) is 18.7 Å². The molecule has 1 aliphatic carbocycles. The first-order valence-electron chi connectivity index (χ1n) is 9.53. The number of piperidine rings is 1. The Hall–Kier alpha value is -2.10. The average molecular weight is 337 g/mol. The normalized spacial score (nSPS) is 22.0. The summed E-state index contributed by atoms with van der Waals surface area (Å²) in [5.41, 5.74) is 2.23. The SMILES string of the molecule is Cc1ccc(C2(C(=O)N3CCCC[C@@H]3CCn3ccnc3)CC2)cc1. The molecule has 1 saturated heterocycles. The van der Waals surface area contributed by atoms with Gasteiger partial charge in [-0.1, -0.05) is 29.8 Å². The lowest BCUT2D eigenvalue weighted by molar-refractivity contribution is -0.138. The molecule has 2 aromatic rings. The smallest absolute Gasteiger partial charge is 0.233 e. The van der Waals surface area contributed by atoms with Gasteiger partial charge in [-0.3, -0.25) is 4.79 Å². The van der Waals surface area contributed by atoms with E-state index in [1.54, 1.807) is 0 Å². The van der Waals surface area contributed by atoms with Crippen LogP contribution in [-0.4, -0.2) is 32.9 Å². The molecule has 4 nitrogen and oxygen atoms in total. The Morgan fingerprint density at radius 3 is 2.72 bits per heavy atom. The van der Waals surface area contributed by atoms with Crippen LogP contribution in [0.4, 0.5) is 0 Å². The first kappa shape index (κ1) is 16.4. The van der Waals surface area contributed by atoms with Crippen LogP contribution in [-0.2, 0) is 16.8 Å². The fraction of sp³-hybridized carbons (Fsp3) is 0.524. The van der Waals surface area contributed by atoms with Gasteiger partial charge in [0.2, 0.25) is 5.91 Å². The second kappa shape index (κ2) is 6.66. The van der Waals surface area contributed by atoms with Gasteiger partial charge >= 0.3 is 0 Å². The predicted molar refractivity (Wildman–Crippen MR) is 98.3 cm³/mol. The topological polar surface area (TPSA) is 38.1 Å². The number of carbonyl (C=O) groups is 1. The largest absolute Gasteiger partial charge is 0.339 e. The van der Waals surface area contributed by atoms with Gasteiger partial charge in [-0.15, -0.1) is 0 Å². The molecule has 0 N–H and O–H groups in total. The van der Waals surface area contributed by atoms with Gasteiger partial charge in [0.15, 0.2) is 0 Å². The van der Waals surface area contributed by atoms with Crippen LogP contribution in [0, 0.1) is 6.92 Å². The van der Waals surface area contributed by atoms with E-state index in [1.165, 1.54) is 17.5 Å². The van der Waals surface area contributed by atoms with E-state index >= 15 is 0 Å². The molecule has 25 heavy (non-hydrogen) atoms. The minimum atomic E-state index is -0.238. The third-order valence-corrected chi connectivity index (χ3v) is 5.93. The van der Waals surface area contributed by atoms with Crippen molar-refractivity contribution >= 4 is 5.91 Å². The molecule has 2 fully saturated rings. The summed E-state index contributed by atoms with van der Waals surface area (Å²) >= 11 is 0. The number of aromatic nitrogens is 2. The van der Waals surface area contributed by atoms with Crippen molar-refractivity contribution in [1.82, 2.24) is 14.5 Å². The van der Waals surface area contributed by atoms with Gasteiger partial charge in [-0.25, -0.2) is 4.98 Å². The van der Waals surface area contributed by atoms with Gasteiger partial charge in [0, 0.05) is 31.5 Å². The zero-order valence-electron chi connectivity index (χ0n) is 15.0. The average Bonchev–Trinajstić information content (AvgIpc) is 3.28. The van der Waals surface area contributed by atoms with Crippen LogP contribution in [0.25, 0.3) is 0 Å². The Labute approximate surface area is 149 Å². The van der Waals surface area contributed by atoms with Crippen LogP contribution >= 0.6 is 0 Å². The number of rotatable bonds is 5. The Bertz CT molecular complexity index is 716. The number of carbonyl (C=O) groups excluding carboxylic acids is 1. The van der Waals surface area contributed by atoms with E-state index in [0.717, 1.165) is 45.2 Å². The third kappa shape index (κ3) is 3.22. The van der Waals surface area contributed by atoms with E-state index in [2.05, 4.69) is 45.6 Å². The standard InChI is InChI=1S/C21H27N3O/c1-17-5-7-18(8-6-17)21(10-11-21)20(25)24-13-3-2-4-19(24)9-14-23-15-12-22-16-23/h5-8,12,15-16,19H,2-4,9-11,13-14H2,1H3/t19-/m1/s1. The number of hydrogen-bond acceptors (Lipinski definition) is 2. The minimum Gasteiger partial charge on any atom is -0.339 e. The molecular weight excluding hydrogens is 310 g/mol. The number of hydrogen-bond donors (Lipinski definition) is 0. The summed E-state index contributed by atoms with van der Waals surface area (Å²) in [6.45, 7) is 3.95. The molecule has 0 bridgehead atoms. The predicted octanol–water partition coefficient (Wildman–Crippen LogP) is 3.69. The molecule has 132 valence electrons. The summed E-state index contributed by atoms with van der Waals surface area (Å²) in [5.74, 6) is 0.367. The Kier molecular flexibility index (Phi) is 4.36. The number of imidazole rings is 1. The second-order valence-electron chi connectivity index (χ2n) is 7.69. The quantitative estimate of drug-likeness (QED) is 0.834.